The first-order valence-electron chi connectivity index (χ1n) is 14.1. The van der Waals surface area contributed by atoms with Crippen LogP contribution in [0.3, 0.4) is 0 Å². The second-order valence-corrected chi connectivity index (χ2v) is 9.59. The number of imidazole rings is 1. The van der Waals surface area contributed by atoms with Crippen LogP contribution in [0.4, 0.5) is 0 Å². The SMILES string of the molecule is CCCCCCCCC(CCCCCC)C(=O)OCCCCCCNCCCn1ccnc1. The molecule has 1 unspecified atom stereocenters. The van der Waals surface area contributed by atoms with Crippen LogP contribution in [0.2, 0.25) is 0 Å². The van der Waals surface area contributed by atoms with Gasteiger partial charge in [0.1, 0.15) is 0 Å². The van der Waals surface area contributed by atoms with Crippen LogP contribution < -0.4 is 5.32 Å². The molecular weight excluding hydrogens is 410 g/mol. The van der Waals surface area contributed by atoms with Crippen molar-refractivity contribution in [3.05, 3.63) is 18.7 Å². The van der Waals surface area contributed by atoms with Crippen LogP contribution in [0.25, 0.3) is 0 Å². The molecule has 1 heterocycles. The number of hydrogen-bond donors (Lipinski definition) is 1. The summed E-state index contributed by atoms with van der Waals surface area (Å²) in [6.07, 6.45) is 26.0. The summed E-state index contributed by atoms with van der Waals surface area (Å²) in [5, 5.41) is 3.52. The van der Waals surface area contributed by atoms with Crippen LogP contribution in [0, 0.1) is 5.92 Å². The van der Waals surface area contributed by atoms with E-state index in [0.29, 0.717) is 6.61 Å². The van der Waals surface area contributed by atoms with Crippen molar-refractivity contribution in [2.24, 2.45) is 5.92 Å². The summed E-state index contributed by atoms with van der Waals surface area (Å²) < 4.78 is 7.81. The van der Waals surface area contributed by atoms with Gasteiger partial charge in [-0.1, -0.05) is 90.9 Å². The maximum absolute atomic E-state index is 12.7. The fourth-order valence-electron chi connectivity index (χ4n) is 4.30. The van der Waals surface area contributed by atoms with Crippen LogP contribution in [-0.4, -0.2) is 35.2 Å². The molecule has 0 aliphatic rings. The van der Waals surface area contributed by atoms with Crippen molar-refractivity contribution in [3.8, 4) is 0 Å². The van der Waals surface area contributed by atoms with Crippen LogP contribution in [0.1, 0.15) is 123 Å². The first-order chi connectivity index (χ1) is 16.3. The minimum atomic E-state index is 0.0691. The molecule has 1 rings (SSSR count). The summed E-state index contributed by atoms with van der Waals surface area (Å²) >= 11 is 0. The van der Waals surface area contributed by atoms with E-state index in [-0.39, 0.29) is 11.9 Å². The van der Waals surface area contributed by atoms with Crippen molar-refractivity contribution in [2.45, 2.75) is 130 Å². The van der Waals surface area contributed by atoms with E-state index >= 15 is 0 Å². The number of esters is 1. The van der Waals surface area contributed by atoms with Gasteiger partial charge in [-0.25, -0.2) is 4.98 Å². The fraction of sp³-hybridized carbons (Fsp3) is 0.857. The molecule has 1 atom stereocenters. The molecule has 192 valence electrons. The lowest BCUT2D eigenvalue weighted by atomic mass is 9.94. The number of carbonyl (C=O) groups excluding carboxylic acids is 1. The number of carbonyl (C=O) groups is 1. The standard InChI is InChI=1S/C28H53N3O2/c1-3-5-7-9-10-14-19-27(18-13-8-6-4-2)28(32)33-25-16-12-11-15-20-29-21-17-23-31-24-22-30-26-31/h22,24,26-27,29H,3-21,23,25H2,1-2H3. The Morgan fingerprint density at radius 3 is 2.12 bits per heavy atom. The van der Waals surface area contributed by atoms with Gasteiger partial charge in [0.2, 0.25) is 0 Å². The summed E-state index contributed by atoms with van der Waals surface area (Å²) in [4.78, 5) is 16.7. The van der Waals surface area contributed by atoms with E-state index < -0.39 is 0 Å². The average Bonchev–Trinajstić information content (AvgIpc) is 3.34. The molecule has 1 aromatic rings. The minimum Gasteiger partial charge on any atom is -0.465 e. The van der Waals surface area contributed by atoms with Gasteiger partial charge < -0.3 is 14.6 Å². The molecule has 5 nitrogen and oxygen atoms in total. The molecule has 0 aliphatic heterocycles. The molecule has 0 saturated heterocycles. The van der Waals surface area contributed by atoms with Gasteiger partial charge in [-0.05, 0) is 45.2 Å². The number of unbranched alkanes of at least 4 members (excludes halogenated alkanes) is 11. The van der Waals surface area contributed by atoms with E-state index in [2.05, 4.69) is 28.7 Å². The van der Waals surface area contributed by atoms with Crippen LogP contribution in [0.5, 0.6) is 0 Å². The Bertz CT molecular complexity index is 533. The molecule has 33 heavy (non-hydrogen) atoms. The van der Waals surface area contributed by atoms with E-state index in [1.165, 1.54) is 77.0 Å². The highest BCUT2D eigenvalue weighted by Crippen LogP contribution is 2.20. The van der Waals surface area contributed by atoms with Gasteiger partial charge in [0.25, 0.3) is 0 Å². The zero-order valence-electron chi connectivity index (χ0n) is 21.9. The fourth-order valence-corrected chi connectivity index (χ4v) is 4.30. The molecule has 1 N–H and O–H groups in total. The summed E-state index contributed by atoms with van der Waals surface area (Å²) in [6.45, 7) is 8.23. The Hall–Kier alpha value is -1.36. The van der Waals surface area contributed by atoms with Crippen molar-refractivity contribution in [1.82, 2.24) is 14.9 Å². The molecular formula is C28H53N3O2. The number of nitrogens with zero attached hydrogens (tertiary/aromatic N) is 2. The molecule has 0 radical (unpaired) electrons. The minimum absolute atomic E-state index is 0.0691. The van der Waals surface area contributed by atoms with Gasteiger partial charge in [-0.2, -0.15) is 0 Å². The van der Waals surface area contributed by atoms with Crippen LogP contribution in [-0.2, 0) is 16.1 Å². The Morgan fingerprint density at radius 1 is 0.818 bits per heavy atom. The first-order valence-corrected chi connectivity index (χ1v) is 14.1. The Balaban J connectivity index is 2.03. The van der Waals surface area contributed by atoms with Crippen molar-refractivity contribution in [2.75, 3.05) is 19.7 Å². The van der Waals surface area contributed by atoms with Crippen molar-refractivity contribution in [3.63, 3.8) is 0 Å². The zero-order chi connectivity index (χ0) is 23.8. The Morgan fingerprint density at radius 2 is 1.42 bits per heavy atom. The third kappa shape index (κ3) is 17.7. The number of rotatable bonds is 24. The molecule has 0 aliphatic carbocycles. The maximum atomic E-state index is 12.7. The third-order valence-corrected chi connectivity index (χ3v) is 6.47. The highest BCUT2D eigenvalue weighted by molar-refractivity contribution is 5.72. The Labute approximate surface area is 204 Å². The monoisotopic (exact) mass is 463 g/mol. The number of aromatic nitrogens is 2. The first kappa shape index (κ1) is 29.7. The van der Waals surface area contributed by atoms with Gasteiger partial charge in [0.05, 0.1) is 18.9 Å². The zero-order valence-corrected chi connectivity index (χ0v) is 21.9. The van der Waals surface area contributed by atoms with Gasteiger partial charge in [-0.15, -0.1) is 0 Å². The highest BCUT2D eigenvalue weighted by Gasteiger charge is 2.19. The van der Waals surface area contributed by atoms with Gasteiger partial charge in [-0.3, -0.25) is 4.79 Å². The van der Waals surface area contributed by atoms with Gasteiger partial charge >= 0.3 is 5.97 Å². The lowest BCUT2D eigenvalue weighted by Gasteiger charge is -2.16. The van der Waals surface area contributed by atoms with Crippen LogP contribution in [0.15, 0.2) is 18.7 Å². The number of ether oxygens (including phenoxy) is 1. The average molecular weight is 464 g/mol. The predicted octanol–water partition coefficient (Wildman–Crippen LogP) is 7.30. The lowest BCUT2D eigenvalue weighted by Crippen LogP contribution is -2.19. The smallest absolute Gasteiger partial charge is 0.308 e. The lowest BCUT2D eigenvalue weighted by molar-refractivity contribution is -0.149. The maximum Gasteiger partial charge on any atom is 0.308 e. The molecule has 0 fully saturated rings. The largest absolute Gasteiger partial charge is 0.465 e. The number of aryl methyl sites for hydroxylation is 1. The second-order valence-electron chi connectivity index (χ2n) is 9.59. The van der Waals surface area contributed by atoms with E-state index in [4.69, 9.17) is 4.74 Å². The molecule has 0 amide bonds. The summed E-state index contributed by atoms with van der Waals surface area (Å²) in [6, 6.07) is 0. The van der Waals surface area contributed by atoms with E-state index in [1.807, 2.05) is 18.7 Å². The molecule has 5 heteroatoms. The van der Waals surface area contributed by atoms with Gasteiger partial charge in [0.15, 0.2) is 0 Å². The molecule has 0 bridgehead atoms. The number of nitrogens with one attached hydrogen (secondary N) is 1. The quantitative estimate of drug-likeness (QED) is 0.129. The molecule has 0 aromatic carbocycles. The summed E-state index contributed by atoms with van der Waals surface area (Å²) in [5.74, 6) is 0.194. The predicted molar refractivity (Wildman–Crippen MR) is 139 cm³/mol. The second kappa shape index (κ2) is 22.4. The normalized spacial score (nSPS) is 12.2. The topological polar surface area (TPSA) is 56.1 Å². The van der Waals surface area contributed by atoms with Crippen molar-refractivity contribution < 1.29 is 9.53 Å². The van der Waals surface area contributed by atoms with Crippen molar-refractivity contribution >= 4 is 5.97 Å². The third-order valence-electron chi connectivity index (χ3n) is 6.47. The van der Waals surface area contributed by atoms with E-state index in [1.54, 1.807) is 0 Å². The Kier molecular flexibility index (Phi) is 20.2. The summed E-state index contributed by atoms with van der Waals surface area (Å²) in [7, 11) is 0. The summed E-state index contributed by atoms with van der Waals surface area (Å²) in [5.41, 5.74) is 0. The molecule has 1 aromatic heterocycles. The van der Waals surface area contributed by atoms with Crippen molar-refractivity contribution in [1.29, 1.82) is 0 Å². The number of hydrogen-bond acceptors (Lipinski definition) is 4. The van der Waals surface area contributed by atoms with Crippen LogP contribution >= 0.6 is 0 Å². The van der Waals surface area contributed by atoms with Gasteiger partial charge in [0, 0.05) is 18.9 Å². The highest BCUT2D eigenvalue weighted by atomic mass is 16.5. The van der Waals surface area contributed by atoms with E-state index in [0.717, 1.165) is 51.7 Å². The molecule has 0 spiro atoms. The van der Waals surface area contributed by atoms with E-state index in [9.17, 15) is 4.79 Å². The molecule has 0 saturated carbocycles.